The van der Waals surface area contributed by atoms with Crippen LogP contribution in [0.4, 0.5) is 10.1 Å². The maximum atomic E-state index is 13.5. The molecule has 0 saturated carbocycles. The van der Waals surface area contributed by atoms with Gasteiger partial charge in [-0.25, -0.2) is 4.39 Å². The van der Waals surface area contributed by atoms with Crippen LogP contribution in [0.15, 0.2) is 42.5 Å². The minimum Gasteiger partial charge on any atom is -0.351 e. The molecule has 4 rings (SSSR count). The third kappa shape index (κ3) is 4.65. The van der Waals surface area contributed by atoms with E-state index in [9.17, 15) is 14.0 Å². The summed E-state index contributed by atoms with van der Waals surface area (Å²) in [5.74, 6) is -1.51. The first kappa shape index (κ1) is 19.6. The minimum absolute atomic E-state index is 0.0693. The largest absolute Gasteiger partial charge is 0.351 e. The molecule has 2 amide bonds. The molecule has 2 aliphatic rings. The highest BCUT2D eigenvalue weighted by atomic mass is 19.1. The highest BCUT2D eigenvalue weighted by molar-refractivity contribution is 6.01. The Balaban J connectivity index is 1.45. The summed E-state index contributed by atoms with van der Waals surface area (Å²) in [4.78, 5) is 27.3. The van der Waals surface area contributed by atoms with E-state index in [1.165, 1.54) is 37.0 Å². The molecule has 2 aromatic rings. The zero-order chi connectivity index (χ0) is 20.2. The SMILES string of the molecule is O=C1CC(C(=O)NCc2ccccc2CN2CCCCC2)c2ccc(F)cc2N1. The monoisotopic (exact) mass is 395 g/mol. The van der Waals surface area contributed by atoms with Gasteiger partial charge >= 0.3 is 0 Å². The summed E-state index contributed by atoms with van der Waals surface area (Å²) < 4.78 is 13.5. The average Bonchev–Trinajstić information content (AvgIpc) is 2.72. The molecule has 0 radical (unpaired) electrons. The third-order valence-corrected chi connectivity index (χ3v) is 5.78. The summed E-state index contributed by atoms with van der Waals surface area (Å²) in [6, 6.07) is 12.3. The second-order valence-electron chi connectivity index (χ2n) is 7.86. The smallest absolute Gasteiger partial charge is 0.228 e. The fourth-order valence-corrected chi connectivity index (χ4v) is 4.22. The minimum atomic E-state index is -0.603. The molecule has 2 aromatic carbocycles. The number of fused-ring (bicyclic) bond motifs is 1. The van der Waals surface area contributed by atoms with Crippen LogP contribution in [0.3, 0.4) is 0 Å². The van der Waals surface area contributed by atoms with Crippen LogP contribution < -0.4 is 10.6 Å². The van der Waals surface area contributed by atoms with Crippen molar-refractivity contribution in [1.82, 2.24) is 10.2 Å². The highest BCUT2D eigenvalue weighted by Crippen LogP contribution is 2.33. The van der Waals surface area contributed by atoms with E-state index in [1.54, 1.807) is 6.07 Å². The molecular formula is C23H26FN3O2. The Morgan fingerprint density at radius 1 is 1.10 bits per heavy atom. The second-order valence-corrected chi connectivity index (χ2v) is 7.86. The molecule has 0 aromatic heterocycles. The van der Waals surface area contributed by atoms with E-state index in [4.69, 9.17) is 0 Å². The lowest BCUT2D eigenvalue weighted by atomic mass is 9.89. The Hall–Kier alpha value is -2.73. The van der Waals surface area contributed by atoms with Gasteiger partial charge in [0.05, 0.1) is 5.92 Å². The van der Waals surface area contributed by atoms with Crippen molar-refractivity contribution >= 4 is 17.5 Å². The van der Waals surface area contributed by atoms with Crippen LogP contribution in [-0.4, -0.2) is 29.8 Å². The summed E-state index contributed by atoms with van der Waals surface area (Å²) in [5.41, 5.74) is 3.35. The lowest BCUT2D eigenvalue weighted by Gasteiger charge is -2.27. The van der Waals surface area contributed by atoms with Crippen molar-refractivity contribution in [2.45, 2.75) is 44.7 Å². The number of carbonyl (C=O) groups excluding carboxylic acids is 2. The topological polar surface area (TPSA) is 61.4 Å². The molecule has 1 saturated heterocycles. The zero-order valence-corrected chi connectivity index (χ0v) is 16.4. The normalized spacial score (nSPS) is 19.3. The van der Waals surface area contributed by atoms with Gasteiger partial charge < -0.3 is 10.6 Å². The average molecular weight is 395 g/mol. The van der Waals surface area contributed by atoms with Gasteiger partial charge in [-0.2, -0.15) is 0 Å². The number of nitrogens with one attached hydrogen (secondary N) is 2. The molecular weight excluding hydrogens is 369 g/mol. The van der Waals surface area contributed by atoms with Crippen LogP contribution in [0.25, 0.3) is 0 Å². The van der Waals surface area contributed by atoms with Crippen LogP contribution in [0, 0.1) is 5.82 Å². The van der Waals surface area contributed by atoms with E-state index in [-0.39, 0.29) is 18.2 Å². The lowest BCUT2D eigenvalue weighted by molar-refractivity contribution is -0.126. The molecule has 29 heavy (non-hydrogen) atoms. The molecule has 5 nitrogen and oxygen atoms in total. The van der Waals surface area contributed by atoms with Crippen molar-refractivity contribution in [3.8, 4) is 0 Å². The van der Waals surface area contributed by atoms with Crippen LogP contribution in [-0.2, 0) is 22.7 Å². The number of anilines is 1. The Bertz CT molecular complexity index is 909. The third-order valence-electron chi connectivity index (χ3n) is 5.78. The van der Waals surface area contributed by atoms with Gasteiger partial charge in [0.1, 0.15) is 5.82 Å². The fourth-order valence-electron chi connectivity index (χ4n) is 4.22. The quantitative estimate of drug-likeness (QED) is 0.814. The molecule has 0 spiro atoms. The standard InChI is InChI=1S/C23H26FN3O2/c24-18-8-9-19-20(13-22(28)26-21(19)12-18)23(29)25-14-16-6-2-3-7-17(16)15-27-10-4-1-5-11-27/h2-3,6-9,12,20H,1,4-5,10-11,13-15H2,(H,25,29)(H,26,28). The van der Waals surface area contributed by atoms with E-state index >= 15 is 0 Å². The summed E-state index contributed by atoms with van der Waals surface area (Å²) in [7, 11) is 0. The summed E-state index contributed by atoms with van der Waals surface area (Å²) in [6.45, 7) is 3.54. The lowest BCUT2D eigenvalue weighted by Crippen LogP contribution is -2.35. The van der Waals surface area contributed by atoms with Gasteiger partial charge in [-0.15, -0.1) is 0 Å². The van der Waals surface area contributed by atoms with E-state index in [0.29, 0.717) is 17.8 Å². The van der Waals surface area contributed by atoms with Crippen molar-refractivity contribution in [3.05, 3.63) is 65.0 Å². The maximum Gasteiger partial charge on any atom is 0.228 e. The van der Waals surface area contributed by atoms with Gasteiger partial charge in [0, 0.05) is 25.2 Å². The molecule has 0 aliphatic carbocycles. The molecule has 0 bridgehead atoms. The molecule has 1 atom stereocenters. The Kier molecular flexibility index (Phi) is 5.90. The van der Waals surface area contributed by atoms with Crippen molar-refractivity contribution < 1.29 is 14.0 Å². The highest BCUT2D eigenvalue weighted by Gasteiger charge is 2.30. The number of amides is 2. The Morgan fingerprint density at radius 3 is 2.66 bits per heavy atom. The van der Waals surface area contributed by atoms with Gasteiger partial charge in [-0.3, -0.25) is 14.5 Å². The van der Waals surface area contributed by atoms with Crippen LogP contribution >= 0.6 is 0 Å². The molecule has 152 valence electrons. The predicted octanol–water partition coefficient (Wildman–Crippen LogP) is 3.55. The summed E-state index contributed by atoms with van der Waals surface area (Å²) >= 11 is 0. The number of piperidine rings is 1. The number of halogens is 1. The summed E-state index contributed by atoms with van der Waals surface area (Å²) in [6.07, 6.45) is 3.85. The maximum absolute atomic E-state index is 13.5. The van der Waals surface area contributed by atoms with Crippen LogP contribution in [0.5, 0.6) is 0 Å². The second kappa shape index (κ2) is 8.74. The number of rotatable bonds is 5. The number of nitrogens with zero attached hydrogens (tertiary/aromatic N) is 1. The number of carbonyl (C=O) groups is 2. The van der Waals surface area contributed by atoms with Gasteiger partial charge in [0.2, 0.25) is 11.8 Å². The van der Waals surface area contributed by atoms with Gasteiger partial charge in [-0.05, 0) is 54.8 Å². The number of hydrogen-bond acceptors (Lipinski definition) is 3. The first-order valence-corrected chi connectivity index (χ1v) is 10.3. The molecule has 2 aliphatic heterocycles. The van der Waals surface area contributed by atoms with E-state index in [1.807, 2.05) is 18.2 Å². The van der Waals surface area contributed by atoms with Crippen molar-refractivity contribution in [3.63, 3.8) is 0 Å². The van der Waals surface area contributed by atoms with Crippen molar-refractivity contribution in [1.29, 1.82) is 0 Å². The summed E-state index contributed by atoms with van der Waals surface area (Å²) in [5, 5.41) is 5.64. The van der Waals surface area contributed by atoms with E-state index in [0.717, 1.165) is 25.2 Å². The number of benzene rings is 2. The molecule has 6 heteroatoms. The van der Waals surface area contributed by atoms with E-state index in [2.05, 4.69) is 21.6 Å². The first-order valence-electron chi connectivity index (χ1n) is 10.3. The molecule has 2 heterocycles. The van der Waals surface area contributed by atoms with Crippen molar-refractivity contribution in [2.75, 3.05) is 18.4 Å². The number of hydrogen-bond donors (Lipinski definition) is 2. The molecule has 2 N–H and O–H groups in total. The zero-order valence-electron chi connectivity index (χ0n) is 16.4. The predicted molar refractivity (Wildman–Crippen MR) is 110 cm³/mol. The van der Waals surface area contributed by atoms with Gasteiger partial charge in [0.15, 0.2) is 0 Å². The first-order chi connectivity index (χ1) is 14.1. The van der Waals surface area contributed by atoms with E-state index < -0.39 is 11.7 Å². The van der Waals surface area contributed by atoms with Crippen LogP contribution in [0.1, 0.15) is 48.3 Å². The van der Waals surface area contributed by atoms with Crippen LogP contribution in [0.2, 0.25) is 0 Å². The van der Waals surface area contributed by atoms with Gasteiger partial charge in [-0.1, -0.05) is 36.8 Å². The van der Waals surface area contributed by atoms with Gasteiger partial charge in [0.25, 0.3) is 0 Å². The molecule has 1 fully saturated rings. The fraction of sp³-hybridized carbons (Fsp3) is 0.391. The Morgan fingerprint density at radius 2 is 1.86 bits per heavy atom. The van der Waals surface area contributed by atoms with Crippen molar-refractivity contribution in [2.24, 2.45) is 0 Å². The Labute approximate surface area is 170 Å². The molecule has 1 unspecified atom stereocenters. The number of likely N-dealkylation sites (tertiary alicyclic amines) is 1.